The molecule has 3 nitrogen and oxygen atoms in total. The number of nitrogens with one attached hydrogen (secondary N) is 1. The average molecular weight is 200 g/mol. The lowest BCUT2D eigenvalue weighted by molar-refractivity contribution is -0.674. The minimum absolute atomic E-state index is 0.374. The fourth-order valence-corrected chi connectivity index (χ4v) is 1.51. The van der Waals surface area contributed by atoms with Gasteiger partial charge in [0, 0.05) is 24.3 Å². The quantitative estimate of drug-likeness (QED) is 0.529. The summed E-state index contributed by atoms with van der Waals surface area (Å²) in [7, 11) is 0. The summed E-state index contributed by atoms with van der Waals surface area (Å²) in [6.07, 6.45) is 4.66. The predicted molar refractivity (Wildman–Crippen MR) is 54.7 cm³/mol. The number of carbonyl (C=O) groups is 1. The maximum Gasteiger partial charge on any atom is 0.277 e. The predicted octanol–water partition coefficient (Wildman–Crippen LogP) is 0.654. The minimum atomic E-state index is 0.374. The van der Waals surface area contributed by atoms with Gasteiger partial charge in [0.15, 0.2) is 18.7 Å². The normalized spacial score (nSPS) is 9.87. The number of rotatable bonds is 3. The van der Waals surface area contributed by atoms with Gasteiger partial charge in [0.1, 0.15) is 0 Å². The summed E-state index contributed by atoms with van der Waals surface area (Å²) in [5, 5.41) is 0. The second kappa shape index (κ2) is 4.46. The third-order valence-electron chi connectivity index (χ3n) is 2.20. The van der Waals surface area contributed by atoms with Gasteiger partial charge >= 0.3 is 0 Å². The SMILES string of the molecule is O=CC[n+]1ccccc1-c1cccc[nH+]1. The van der Waals surface area contributed by atoms with Crippen molar-refractivity contribution in [2.24, 2.45) is 0 Å². The number of aromatic nitrogens is 2. The Kier molecular flexibility index (Phi) is 2.83. The average Bonchev–Trinajstić information content (AvgIpc) is 2.31. The summed E-state index contributed by atoms with van der Waals surface area (Å²) in [4.78, 5) is 13.7. The van der Waals surface area contributed by atoms with Crippen molar-refractivity contribution in [1.29, 1.82) is 0 Å². The molecular formula is C12H12N2O+2. The van der Waals surface area contributed by atoms with Crippen LogP contribution in [0.2, 0.25) is 0 Å². The molecule has 15 heavy (non-hydrogen) atoms. The third kappa shape index (κ3) is 2.07. The van der Waals surface area contributed by atoms with Crippen LogP contribution in [0.15, 0.2) is 48.8 Å². The van der Waals surface area contributed by atoms with Crippen LogP contribution in [0.1, 0.15) is 0 Å². The molecule has 3 heteroatoms. The molecule has 2 rings (SSSR count). The first-order valence-corrected chi connectivity index (χ1v) is 4.81. The molecule has 0 aromatic carbocycles. The molecule has 0 aliphatic heterocycles. The van der Waals surface area contributed by atoms with Crippen molar-refractivity contribution in [2.45, 2.75) is 6.54 Å². The van der Waals surface area contributed by atoms with Crippen molar-refractivity contribution in [1.82, 2.24) is 0 Å². The highest BCUT2D eigenvalue weighted by Crippen LogP contribution is 2.06. The first-order valence-electron chi connectivity index (χ1n) is 4.81. The van der Waals surface area contributed by atoms with Gasteiger partial charge in [-0.15, -0.1) is 0 Å². The summed E-state index contributed by atoms with van der Waals surface area (Å²) >= 11 is 0. The van der Waals surface area contributed by atoms with E-state index >= 15 is 0 Å². The fraction of sp³-hybridized carbons (Fsp3) is 0.0833. The Morgan fingerprint density at radius 1 is 1.20 bits per heavy atom. The molecule has 0 bridgehead atoms. The zero-order chi connectivity index (χ0) is 10.5. The minimum Gasteiger partial charge on any atom is -0.296 e. The largest absolute Gasteiger partial charge is 0.296 e. The molecule has 2 heterocycles. The number of pyridine rings is 2. The molecule has 0 radical (unpaired) electrons. The second-order valence-electron chi connectivity index (χ2n) is 3.18. The van der Waals surface area contributed by atoms with E-state index in [1.54, 1.807) is 0 Å². The lowest BCUT2D eigenvalue weighted by atomic mass is 10.2. The molecular weight excluding hydrogens is 188 g/mol. The Bertz CT molecular complexity index is 454. The molecule has 0 saturated carbocycles. The van der Waals surface area contributed by atoms with Gasteiger partial charge in [0.2, 0.25) is 6.54 Å². The zero-order valence-electron chi connectivity index (χ0n) is 8.26. The van der Waals surface area contributed by atoms with Crippen LogP contribution in [-0.2, 0) is 11.3 Å². The maximum atomic E-state index is 10.5. The molecule has 74 valence electrons. The number of aldehydes is 1. The molecule has 0 aliphatic carbocycles. The molecule has 0 spiro atoms. The molecule has 0 saturated heterocycles. The highest BCUT2D eigenvalue weighted by atomic mass is 16.1. The molecule has 1 N–H and O–H groups in total. The van der Waals surface area contributed by atoms with E-state index in [1.165, 1.54) is 0 Å². The van der Waals surface area contributed by atoms with Crippen molar-refractivity contribution in [3.05, 3.63) is 48.8 Å². The van der Waals surface area contributed by atoms with Crippen molar-refractivity contribution in [3.63, 3.8) is 0 Å². The Morgan fingerprint density at radius 3 is 2.80 bits per heavy atom. The lowest BCUT2D eigenvalue weighted by Crippen LogP contribution is -2.37. The summed E-state index contributed by atoms with van der Waals surface area (Å²) in [6.45, 7) is 0.374. The number of carbonyl (C=O) groups excluding carboxylic acids is 1. The van der Waals surface area contributed by atoms with E-state index in [1.807, 2.05) is 53.4 Å². The van der Waals surface area contributed by atoms with Gasteiger partial charge in [-0.1, -0.05) is 0 Å². The first kappa shape index (κ1) is 9.52. The molecule has 0 fully saturated rings. The van der Waals surface area contributed by atoms with Crippen LogP contribution in [0.4, 0.5) is 0 Å². The first-order chi connectivity index (χ1) is 7.42. The van der Waals surface area contributed by atoms with Crippen LogP contribution in [0.5, 0.6) is 0 Å². The van der Waals surface area contributed by atoms with Gasteiger partial charge in [-0.05, 0) is 12.1 Å². The van der Waals surface area contributed by atoms with Gasteiger partial charge in [0.05, 0.1) is 0 Å². The van der Waals surface area contributed by atoms with E-state index in [2.05, 4.69) is 4.98 Å². The highest BCUT2D eigenvalue weighted by Gasteiger charge is 2.16. The van der Waals surface area contributed by atoms with Gasteiger partial charge < -0.3 is 0 Å². The lowest BCUT2D eigenvalue weighted by Gasteiger charge is -1.95. The summed E-state index contributed by atoms with van der Waals surface area (Å²) in [5.41, 5.74) is 2.00. The maximum absolute atomic E-state index is 10.5. The summed E-state index contributed by atoms with van der Waals surface area (Å²) in [5.74, 6) is 0. The van der Waals surface area contributed by atoms with Crippen LogP contribution in [-0.4, -0.2) is 6.29 Å². The van der Waals surface area contributed by atoms with Crippen LogP contribution in [0, 0.1) is 0 Å². The highest BCUT2D eigenvalue weighted by molar-refractivity contribution is 5.49. The van der Waals surface area contributed by atoms with Crippen LogP contribution >= 0.6 is 0 Å². The Balaban J connectivity index is 2.48. The third-order valence-corrected chi connectivity index (χ3v) is 2.20. The summed E-state index contributed by atoms with van der Waals surface area (Å²) in [6, 6.07) is 11.7. The number of hydrogen-bond acceptors (Lipinski definition) is 1. The van der Waals surface area contributed by atoms with Crippen LogP contribution < -0.4 is 9.55 Å². The molecule has 0 amide bonds. The molecule has 0 aliphatic rings. The molecule has 0 atom stereocenters. The number of nitrogens with zero attached hydrogens (tertiary/aromatic N) is 1. The Morgan fingerprint density at radius 2 is 2.07 bits per heavy atom. The van der Waals surface area contributed by atoms with E-state index in [-0.39, 0.29) is 0 Å². The van der Waals surface area contributed by atoms with Crippen LogP contribution in [0.25, 0.3) is 11.4 Å². The molecule has 2 aromatic rings. The van der Waals surface area contributed by atoms with Crippen molar-refractivity contribution < 1.29 is 14.3 Å². The second-order valence-corrected chi connectivity index (χ2v) is 3.18. The Labute approximate surface area is 88.0 Å². The zero-order valence-corrected chi connectivity index (χ0v) is 8.26. The van der Waals surface area contributed by atoms with E-state index in [4.69, 9.17) is 0 Å². The van der Waals surface area contributed by atoms with E-state index < -0.39 is 0 Å². The topological polar surface area (TPSA) is 35.1 Å². The monoisotopic (exact) mass is 200 g/mol. The van der Waals surface area contributed by atoms with E-state index in [0.717, 1.165) is 17.7 Å². The van der Waals surface area contributed by atoms with E-state index in [0.29, 0.717) is 6.54 Å². The molecule has 2 aromatic heterocycles. The van der Waals surface area contributed by atoms with Crippen LogP contribution in [0.3, 0.4) is 0 Å². The van der Waals surface area contributed by atoms with Crippen molar-refractivity contribution in [2.75, 3.05) is 0 Å². The number of H-pyrrole nitrogens is 1. The van der Waals surface area contributed by atoms with Gasteiger partial charge in [0.25, 0.3) is 11.4 Å². The fourth-order valence-electron chi connectivity index (χ4n) is 1.51. The van der Waals surface area contributed by atoms with E-state index in [9.17, 15) is 4.79 Å². The van der Waals surface area contributed by atoms with Crippen molar-refractivity contribution >= 4 is 6.29 Å². The van der Waals surface area contributed by atoms with Gasteiger partial charge in [-0.3, -0.25) is 4.79 Å². The number of hydrogen-bond donors (Lipinski definition) is 0. The summed E-state index contributed by atoms with van der Waals surface area (Å²) < 4.78 is 1.90. The Hall–Kier alpha value is -2.03. The smallest absolute Gasteiger partial charge is 0.277 e. The van der Waals surface area contributed by atoms with Gasteiger partial charge in [-0.25, -0.2) is 4.98 Å². The number of aromatic amines is 1. The van der Waals surface area contributed by atoms with Gasteiger partial charge in [-0.2, -0.15) is 4.57 Å². The standard InChI is InChI=1S/C12H11N2O/c15-10-9-14-8-4-2-6-12(14)11-5-1-3-7-13-11/h1-8,10H,9H2/q+1/p+1. The van der Waals surface area contributed by atoms with Crippen molar-refractivity contribution in [3.8, 4) is 11.4 Å². The molecule has 0 unspecified atom stereocenters.